The molecule has 0 bridgehead atoms. The van der Waals surface area contributed by atoms with Crippen LogP contribution in [0.4, 0.5) is 0 Å². The third-order valence-corrected chi connectivity index (χ3v) is 7.32. The lowest BCUT2D eigenvalue weighted by Gasteiger charge is -2.31. The van der Waals surface area contributed by atoms with E-state index < -0.39 is 15.9 Å². The second kappa shape index (κ2) is 9.49. The van der Waals surface area contributed by atoms with Crippen LogP contribution in [-0.4, -0.2) is 41.9 Å². The molecule has 3 aromatic rings. The summed E-state index contributed by atoms with van der Waals surface area (Å²) in [6.45, 7) is 2.32. The number of nitrogens with one attached hydrogen (secondary N) is 1. The highest BCUT2D eigenvalue weighted by Crippen LogP contribution is 2.29. The van der Waals surface area contributed by atoms with Gasteiger partial charge >= 0.3 is 0 Å². The van der Waals surface area contributed by atoms with Crippen LogP contribution in [0.3, 0.4) is 0 Å². The van der Waals surface area contributed by atoms with Crippen molar-refractivity contribution in [3.8, 4) is 0 Å². The van der Waals surface area contributed by atoms with Crippen molar-refractivity contribution in [3.05, 3.63) is 65.7 Å². The molecule has 32 heavy (non-hydrogen) atoms. The first kappa shape index (κ1) is 22.0. The molecule has 1 aliphatic heterocycles. The van der Waals surface area contributed by atoms with Crippen LogP contribution in [-0.2, 0) is 21.4 Å². The lowest BCUT2D eigenvalue weighted by atomic mass is 9.99. The molecule has 0 saturated carbocycles. The largest absolute Gasteiger partial charge is 0.465 e. The zero-order valence-electron chi connectivity index (χ0n) is 17.6. The predicted octanol–water partition coefficient (Wildman–Crippen LogP) is 2.86. The molecular formula is C22H24N4O5S. The van der Waals surface area contributed by atoms with Gasteiger partial charge in [-0.3, -0.25) is 9.78 Å². The zero-order valence-corrected chi connectivity index (χ0v) is 18.4. The van der Waals surface area contributed by atoms with Gasteiger partial charge in [0.1, 0.15) is 11.5 Å². The van der Waals surface area contributed by atoms with E-state index in [4.69, 9.17) is 8.94 Å². The molecule has 10 heteroatoms. The van der Waals surface area contributed by atoms with Crippen molar-refractivity contribution >= 4 is 28.1 Å². The molecule has 9 nitrogen and oxygen atoms in total. The summed E-state index contributed by atoms with van der Waals surface area (Å²) in [5.74, 6) is 0.0608. The molecule has 1 N–H and O–H groups in total. The summed E-state index contributed by atoms with van der Waals surface area (Å²) in [6.07, 6.45) is 7.53. The standard InChI is InChI=1S/C22H24N4O5S/c1-16-21(20(31-25-16)10-9-19-8-5-13-30-19)32(28,29)26-12-4-6-17(15-26)22(27)24-14-18-7-2-3-11-23-18/h2-3,5,7-11,13,17H,4,6,12,14-15H2,1H3,(H,24,27)/b10-9+/t17-/m1/s1. The van der Waals surface area contributed by atoms with E-state index in [0.717, 1.165) is 5.69 Å². The number of sulfonamides is 1. The van der Waals surface area contributed by atoms with Crippen molar-refractivity contribution in [1.29, 1.82) is 0 Å². The second-order valence-corrected chi connectivity index (χ2v) is 9.43. The highest BCUT2D eigenvalue weighted by molar-refractivity contribution is 7.89. The maximum Gasteiger partial charge on any atom is 0.248 e. The molecule has 1 saturated heterocycles. The first-order valence-corrected chi connectivity index (χ1v) is 11.7. The van der Waals surface area contributed by atoms with E-state index in [-0.39, 0.29) is 28.8 Å². The van der Waals surface area contributed by atoms with Crippen molar-refractivity contribution in [2.24, 2.45) is 5.92 Å². The number of pyridine rings is 1. The van der Waals surface area contributed by atoms with Gasteiger partial charge in [0.2, 0.25) is 15.9 Å². The van der Waals surface area contributed by atoms with E-state index in [9.17, 15) is 13.2 Å². The van der Waals surface area contributed by atoms with Crippen molar-refractivity contribution < 1.29 is 22.2 Å². The lowest BCUT2D eigenvalue weighted by molar-refractivity contribution is -0.126. The molecule has 0 aliphatic carbocycles. The summed E-state index contributed by atoms with van der Waals surface area (Å²) in [5, 5.41) is 6.70. The van der Waals surface area contributed by atoms with E-state index in [1.807, 2.05) is 12.1 Å². The highest BCUT2D eigenvalue weighted by atomic mass is 32.2. The fourth-order valence-electron chi connectivity index (χ4n) is 3.67. The number of carbonyl (C=O) groups is 1. The number of furan rings is 1. The van der Waals surface area contributed by atoms with Gasteiger partial charge in [-0.1, -0.05) is 11.2 Å². The van der Waals surface area contributed by atoms with E-state index in [0.29, 0.717) is 31.7 Å². The minimum Gasteiger partial charge on any atom is -0.465 e. The number of aryl methyl sites for hydroxylation is 1. The molecule has 0 spiro atoms. The average molecular weight is 457 g/mol. The van der Waals surface area contributed by atoms with Crippen LogP contribution in [0, 0.1) is 12.8 Å². The molecule has 3 aromatic heterocycles. The molecule has 168 valence electrons. The quantitative estimate of drug-likeness (QED) is 0.581. The lowest BCUT2D eigenvalue weighted by Crippen LogP contribution is -2.45. The summed E-state index contributed by atoms with van der Waals surface area (Å²) in [5.41, 5.74) is 1.01. The van der Waals surface area contributed by atoms with Crippen molar-refractivity contribution in [2.75, 3.05) is 13.1 Å². The van der Waals surface area contributed by atoms with Gasteiger partial charge < -0.3 is 14.3 Å². The number of amides is 1. The van der Waals surface area contributed by atoms with E-state index in [1.165, 1.54) is 16.6 Å². The third kappa shape index (κ3) is 4.81. The Hall–Kier alpha value is -3.24. The molecule has 0 aromatic carbocycles. The van der Waals surface area contributed by atoms with Crippen molar-refractivity contribution in [1.82, 2.24) is 19.8 Å². The number of nitrogens with zero attached hydrogens (tertiary/aromatic N) is 3. The van der Waals surface area contributed by atoms with Gasteiger partial charge in [-0.15, -0.1) is 0 Å². The highest BCUT2D eigenvalue weighted by Gasteiger charge is 2.36. The first-order valence-electron chi connectivity index (χ1n) is 10.3. The van der Waals surface area contributed by atoms with Gasteiger partial charge in [-0.05, 0) is 56.2 Å². The normalized spacial score (nSPS) is 17.6. The second-order valence-electron chi connectivity index (χ2n) is 7.55. The van der Waals surface area contributed by atoms with E-state index in [1.54, 1.807) is 37.4 Å². The van der Waals surface area contributed by atoms with Crippen molar-refractivity contribution in [2.45, 2.75) is 31.2 Å². The maximum absolute atomic E-state index is 13.4. The fourth-order valence-corrected chi connectivity index (χ4v) is 5.45. The maximum atomic E-state index is 13.4. The number of hydrogen-bond acceptors (Lipinski definition) is 7. The average Bonchev–Trinajstić information content (AvgIpc) is 3.46. The SMILES string of the molecule is Cc1noc(/C=C/c2ccco2)c1S(=O)(=O)N1CCC[C@@H](C(=O)NCc2ccccn2)C1. The van der Waals surface area contributed by atoms with Crippen molar-refractivity contribution in [3.63, 3.8) is 0 Å². The van der Waals surface area contributed by atoms with Crippen LogP contribution in [0.2, 0.25) is 0 Å². The van der Waals surface area contributed by atoms with Gasteiger partial charge in [0.15, 0.2) is 10.7 Å². The van der Waals surface area contributed by atoms with Gasteiger partial charge in [0.25, 0.3) is 0 Å². The number of rotatable bonds is 7. The van der Waals surface area contributed by atoms with Gasteiger partial charge in [-0.2, -0.15) is 4.31 Å². The van der Waals surface area contributed by atoms with Crippen LogP contribution < -0.4 is 5.32 Å². The number of carbonyl (C=O) groups excluding carboxylic acids is 1. The molecule has 1 fully saturated rings. The van der Waals surface area contributed by atoms with Crippen LogP contribution >= 0.6 is 0 Å². The van der Waals surface area contributed by atoms with E-state index in [2.05, 4.69) is 15.5 Å². The Kier molecular flexibility index (Phi) is 6.52. The van der Waals surface area contributed by atoms with E-state index >= 15 is 0 Å². The molecule has 1 atom stereocenters. The number of aromatic nitrogens is 2. The van der Waals surface area contributed by atoms with Crippen LogP contribution in [0.1, 0.15) is 35.7 Å². The minimum atomic E-state index is -3.90. The Morgan fingerprint density at radius 3 is 2.91 bits per heavy atom. The fraction of sp³-hybridized carbons (Fsp3) is 0.318. The Bertz CT molecular complexity index is 1190. The first-order chi connectivity index (χ1) is 15.4. The minimum absolute atomic E-state index is 0.00912. The zero-order chi connectivity index (χ0) is 22.6. The summed E-state index contributed by atoms with van der Waals surface area (Å²) >= 11 is 0. The van der Waals surface area contributed by atoms with Gasteiger partial charge in [0, 0.05) is 19.3 Å². The third-order valence-electron chi connectivity index (χ3n) is 5.30. The molecule has 4 heterocycles. The molecule has 0 unspecified atom stereocenters. The Morgan fingerprint density at radius 2 is 2.16 bits per heavy atom. The topological polar surface area (TPSA) is 119 Å². The Morgan fingerprint density at radius 1 is 1.28 bits per heavy atom. The molecular weight excluding hydrogens is 432 g/mol. The van der Waals surface area contributed by atoms with Gasteiger partial charge in [0.05, 0.1) is 24.4 Å². The summed E-state index contributed by atoms with van der Waals surface area (Å²) < 4.78 is 38.7. The molecule has 1 aliphatic rings. The molecule has 1 amide bonds. The number of piperidine rings is 1. The number of hydrogen-bond donors (Lipinski definition) is 1. The smallest absolute Gasteiger partial charge is 0.248 e. The predicted molar refractivity (Wildman–Crippen MR) is 116 cm³/mol. The van der Waals surface area contributed by atoms with Crippen LogP contribution in [0.5, 0.6) is 0 Å². The summed E-state index contributed by atoms with van der Waals surface area (Å²) in [4.78, 5) is 16.9. The van der Waals surface area contributed by atoms with Crippen LogP contribution in [0.15, 0.2) is 56.6 Å². The Labute approximate surface area is 186 Å². The molecule has 0 radical (unpaired) electrons. The summed E-state index contributed by atoms with van der Waals surface area (Å²) in [6, 6.07) is 8.95. The summed E-state index contributed by atoms with van der Waals surface area (Å²) in [7, 11) is -3.90. The monoisotopic (exact) mass is 456 g/mol. The molecule has 4 rings (SSSR count). The van der Waals surface area contributed by atoms with Gasteiger partial charge in [-0.25, -0.2) is 8.42 Å². The van der Waals surface area contributed by atoms with Crippen LogP contribution in [0.25, 0.3) is 12.2 Å². The Balaban J connectivity index is 1.48.